The molecule has 0 unspecified atom stereocenters. The average Bonchev–Trinajstić information content (AvgIpc) is 2.94. The topological polar surface area (TPSA) is 41.4 Å². The lowest BCUT2D eigenvalue weighted by atomic mass is 10.3. The van der Waals surface area contributed by atoms with Crippen LogP contribution in [0.25, 0.3) is 0 Å². The zero-order valence-electron chi connectivity index (χ0n) is 13.9. The Bertz CT molecular complexity index is 650. The second-order valence-electron chi connectivity index (χ2n) is 6.24. The van der Waals surface area contributed by atoms with Crippen LogP contribution in [-0.4, -0.2) is 46.8 Å². The van der Waals surface area contributed by atoms with E-state index in [0.717, 1.165) is 32.6 Å². The van der Waals surface area contributed by atoms with Crippen molar-refractivity contribution in [2.75, 3.05) is 31.1 Å². The van der Waals surface area contributed by atoms with Gasteiger partial charge < -0.3 is 9.80 Å². The van der Waals surface area contributed by atoms with Gasteiger partial charge in [-0.15, -0.1) is 0 Å². The van der Waals surface area contributed by atoms with Gasteiger partial charge >= 0.3 is 0 Å². The van der Waals surface area contributed by atoms with Gasteiger partial charge in [0.2, 0.25) is 0 Å². The van der Waals surface area contributed by atoms with Crippen molar-refractivity contribution >= 4 is 11.6 Å². The molecule has 0 aliphatic carbocycles. The molecule has 1 aromatic heterocycles. The maximum atomic E-state index is 12.7. The van der Waals surface area contributed by atoms with Gasteiger partial charge in [0, 0.05) is 44.1 Å². The van der Waals surface area contributed by atoms with E-state index in [1.54, 1.807) is 0 Å². The van der Waals surface area contributed by atoms with E-state index >= 15 is 0 Å². The summed E-state index contributed by atoms with van der Waals surface area (Å²) in [7, 11) is 0. The molecular formula is C18H24N4O. The van der Waals surface area contributed by atoms with Crippen LogP contribution in [0.4, 0.5) is 5.69 Å². The van der Waals surface area contributed by atoms with E-state index in [1.165, 1.54) is 5.69 Å². The number of amides is 1. The van der Waals surface area contributed by atoms with Crippen molar-refractivity contribution < 1.29 is 4.79 Å². The third kappa shape index (κ3) is 3.55. The van der Waals surface area contributed by atoms with Gasteiger partial charge in [-0.25, -0.2) is 0 Å². The number of rotatable bonds is 3. The lowest BCUT2D eigenvalue weighted by Crippen LogP contribution is -2.35. The molecule has 0 atom stereocenters. The molecule has 0 N–H and O–H groups in total. The van der Waals surface area contributed by atoms with E-state index in [0.29, 0.717) is 5.69 Å². The maximum Gasteiger partial charge on any atom is 0.274 e. The molecule has 1 aromatic carbocycles. The molecule has 1 fully saturated rings. The van der Waals surface area contributed by atoms with Crippen LogP contribution in [0.1, 0.15) is 36.8 Å². The smallest absolute Gasteiger partial charge is 0.274 e. The van der Waals surface area contributed by atoms with Gasteiger partial charge in [0.1, 0.15) is 5.69 Å². The number of anilines is 1. The van der Waals surface area contributed by atoms with Crippen LogP contribution in [0.15, 0.2) is 42.6 Å². The van der Waals surface area contributed by atoms with Crippen molar-refractivity contribution in [3.63, 3.8) is 0 Å². The summed E-state index contributed by atoms with van der Waals surface area (Å²) in [5.74, 6) is 0.0410. The van der Waals surface area contributed by atoms with Crippen LogP contribution in [0, 0.1) is 0 Å². The Morgan fingerprint density at radius 2 is 1.83 bits per heavy atom. The summed E-state index contributed by atoms with van der Waals surface area (Å²) in [6.07, 6.45) is 2.86. The second kappa shape index (κ2) is 6.86. The summed E-state index contributed by atoms with van der Waals surface area (Å²) in [5.41, 5.74) is 1.78. The molecule has 3 rings (SSSR count). The van der Waals surface area contributed by atoms with Gasteiger partial charge in [0.05, 0.1) is 0 Å². The van der Waals surface area contributed by atoms with Gasteiger partial charge in [-0.3, -0.25) is 9.48 Å². The Balaban J connectivity index is 1.66. The third-order valence-corrected chi connectivity index (χ3v) is 4.26. The number of para-hydroxylation sites is 1. The zero-order valence-corrected chi connectivity index (χ0v) is 13.9. The fourth-order valence-electron chi connectivity index (χ4n) is 2.92. The minimum Gasteiger partial charge on any atom is -0.370 e. The van der Waals surface area contributed by atoms with Gasteiger partial charge in [-0.1, -0.05) is 18.2 Å². The van der Waals surface area contributed by atoms with Crippen LogP contribution >= 0.6 is 0 Å². The van der Waals surface area contributed by atoms with Crippen molar-refractivity contribution in [1.29, 1.82) is 0 Å². The molecule has 1 saturated heterocycles. The Kier molecular flexibility index (Phi) is 4.65. The molecule has 1 aliphatic rings. The first kappa shape index (κ1) is 15.6. The first-order valence-electron chi connectivity index (χ1n) is 8.29. The SMILES string of the molecule is CC(C)n1ccc(C(=O)N2CCCN(c3ccccc3)CC2)n1. The Hall–Kier alpha value is -2.30. The van der Waals surface area contributed by atoms with Gasteiger partial charge in [0.15, 0.2) is 0 Å². The van der Waals surface area contributed by atoms with Crippen molar-refractivity contribution in [3.05, 3.63) is 48.3 Å². The predicted molar refractivity (Wildman–Crippen MR) is 91.8 cm³/mol. The lowest BCUT2D eigenvalue weighted by molar-refractivity contribution is 0.0760. The van der Waals surface area contributed by atoms with E-state index in [2.05, 4.69) is 48.1 Å². The molecule has 5 nitrogen and oxygen atoms in total. The molecule has 1 aliphatic heterocycles. The molecule has 0 saturated carbocycles. The van der Waals surface area contributed by atoms with E-state index in [-0.39, 0.29) is 11.9 Å². The lowest BCUT2D eigenvalue weighted by Gasteiger charge is -2.23. The van der Waals surface area contributed by atoms with Gasteiger partial charge in [0.25, 0.3) is 5.91 Å². The number of nitrogens with zero attached hydrogens (tertiary/aromatic N) is 4. The fraction of sp³-hybridized carbons (Fsp3) is 0.444. The Labute approximate surface area is 137 Å². The largest absolute Gasteiger partial charge is 0.370 e. The molecule has 23 heavy (non-hydrogen) atoms. The molecule has 0 bridgehead atoms. The van der Waals surface area contributed by atoms with E-state index < -0.39 is 0 Å². The standard InChI is InChI=1S/C18H24N4O/c1-15(2)22-12-9-17(19-22)18(23)21-11-6-10-20(13-14-21)16-7-4-3-5-8-16/h3-5,7-9,12,15H,6,10-11,13-14H2,1-2H3. The number of hydrogen-bond donors (Lipinski definition) is 0. The van der Waals surface area contributed by atoms with Crippen molar-refractivity contribution in [1.82, 2.24) is 14.7 Å². The van der Waals surface area contributed by atoms with Gasteiger partial charge in [-0.05, 0) is 38.5 Å². The van der Waals surface area contributed by atoms with E-state index in [1.807, 2.05) is 27.9 Å². The molecular weight excluding hydrogens is 288 g/mol. The molecule has 2 aromatic rings. The first-order valence-corrected chi connectivity index (χ1v) is 8.29. The van der Waals surface area contributed by atoms with Crippen molar-refractivity contribution in [3.8, 4) is 0 Å². The highest BCUT2D eigenvalue weighted by atomic mass is 16.2. The van der Waals surface area contributed by atoms with Crippen molar-refractivity contribution in [2.24, 2.45) is 0 Å². The summed E-state index contributed by atoms with van der Waals surface area (Å²) in [5, 5.41) is 4.40. The number of aromatic nitrogens is 2. The zero-order chi connectivity index (χ0) is 16.2. The summed E-state index contributed by atoms with van der Waals surface area (Å²) < 4.78 is 1.83. The summed E-state index contributed by atoms with van der Waals surface area (Å²) in [6, 6.07) is 12.5. The number of carbonyl (C=O) groups excluding carboxylic acids is 1. The van der Waals surface area contributed by atoms with Crippen LogP contribution < -0.4 is 4.90 Å². The molecule has 0 spiro atoms. The van der Waals surface area contributed by atoms with Crippen LogP contribution in [0.2, 0.25) is 0 Å². The van der Waals surface area contributed by atoms with Crippen LogP contribution in [-0.2, 0) is 0 Å². The minimum absolute atomic E-state index is 0.0410. The first-order chi connectivity index (χ1) is 11.1. The highest BCUT2D eigenvalue weighted by molar-refractivity contribution is 5.92. The summed E-state index contributed by atoms with van der Waals surface area (Å²) >= 11 is 0. The van der Waals surface area contributed by atoms with E-state index in [9.17, 15) is 4.79 Å². The Morgan fingerprint density at radius 1 is 1.04 bits per heavy atom. The number of carbonyl (C=O) groups is 1. The van der Waals surface area contributed by atoms with E-state index in [4.69, 9.17) is 0 Å². The fourth-order valence-corrected chi connectivity index (χ4v) is 2.92. The monoisotopic (exact) mass is 312 g/mol. The maximum absolute atomic E-state index is 12.7. The normalized spacial score (nSPS) is 15.8. The molecule has 122 valence electrons. The summed E-state index contributed by atoms with van der Waals surface area (Å²) in [4.78, 5) is 16.9. The van der Waals surface area contributed by atoms with Crippen molar-refractivity contribution in [2.45, 2.75) is 26.3 Å². The van der Waals surface area contributed by atoms with Crippen LogP contribution in [0.3, 0.4) is 0 Å². The van der Waals surface area contributed by atoms with Crippen LogP contribution in [0.5, 0.6) is 0 Å². The molecule has 5 heteroatoms. The Morgan fingerprint density at radius 3 is 2.52 bits per heavy atom. The average molecular weight is 312 g/mol. The quantitative estimate of drug-likeness (QED) is 0.875. The van der Waals surface area contributed by atoms with Gasteiger partial charge in [-0.2, -0.15) is 5.10 Å². The highest BCUT2D eigenvalue weighted by Gasteiger charge is 2.22. The molecule has 0 radical (unpaired) electrons. The number of benzene rings is 1. The molecule has 1 amide bonds. The second-order valence-corrected chi connectivity index (χ2v) is 6.24. The third-order valence-electron chi connectivity index (χ3n) is 4.26. The summed E-state index contributed by atoms with van der Waals surface area (Å²) in [6.45, 7) is 7.49. The highest BCUT2D eigenvalue weighted by Crippen LogP contribution is 2.17. The minimum atomic E-state index is 0.0410. The molecule has 2 heterocycles. The predicted octanol–water partition coefficient (Wildman–Crippen LogP) is 2.82. The number of hydrogen-bond acceptors (Lipinski definition) is 3.